The first-order valence-corrected chi connectivity index (χ1v) is 26.7. The Kier molecular flexibility index (Phi) is 44.6. The van der Waals surface area contributed by atoms with Crippen molar-refractivity contribution in [3.63, 3.8) is 0 Å². The summed E-state index contributed by atoms with van der Waals surface area (Å²) in [7, 11) is -4.75. The number of allylic oxidation sites excluding steroid dienone is 10. The molecule has 3 unspecified atom stereocenters. The van der Waals surface area contributed by atoms with Gasteiger partial charge >= 0.3 is 25.7 Å². The van der Waals surface area contributed by atoms with E-state index in [1.165, 1.54) is 70.6 Å². The van der Waals surface area contributed by atoms with Gasteiger partial charge in [0, 0.05) is 19.3 Å². The van der Waals surface area contributed by atoms with Gasteiger partial charge in [0.15, 0.2) is 6.10 Å². The lowest BCUT2D eigenvalue weighted by atomic mass is 10.1. The number of hydrogen-bond acceptors (Lipinski definition) is 10. The van der Waals surface area contributed by atoms with Crippen molar-refractivity contribution in [1.29, 1.82) is 0 Å². The second-order valence-electron chi connectivity index (χ2n) is 16.6. The lowest BCUT2D eigenvalue weighted by molar-refractivity contribution is -0.161. The average Bonchev–Trinajstić information content (AvgIpc) is 3.28. The van der Waals surface area contributed by atoms with E-state index < -0.39 is 57.8 Å². The van der Waals surface area contributed by atoms with E-state index in [1.54, 1.807) is 0 Å². The Morgan fingerprint density at radius 3 is 1.36 bits per heavy atom. The molecule has 0 aromatic heterocycles. The second kappa shape index (κ2) is 46.7. The molecule has 0 spiro atoms. The fourth-order valence-electron chi connectivity index (χ4n) is 6.60. The summed E-state index contributed by atoms with van der Waals surface area (Å²) >= 11 is 0. The van der Waals surface area contributed by atoms with Crippen molar-refractivity contribution in [2.45, 2.75) is 226 Å². The molecular formula is C52H91O11P. The lowest BCUT2D eigenvalue weighted by Crippen LogP contribution is -2.30. The predicted molar refractivity (Wildman–Crippen MR) is 261 cm³/mol. The molecular weight excluding hydrogens is 832 g/mol. The summed E-state index contributed by atoms with van der Waals surface area (Å²) in [5.41, 5.74) is 0. The van der Waals surface area contributed by atoms with Gasteiger partial charge in [0.2, 0.25) is 0 Å². The standard InChI is InChI=1S/C52H91O11P/c1-4-7-10-13-16-19-22-24-27-29-32-35-38-41-50(54)59-45-49(63-52(56)43-40-37-34-31-28-25-23-20-17-14-11-8-5-2)47-61-64(57,58)60-46-48(44-53)62-51(55)42-39-36-33-30-26-21-18-15-12-9-6-3/h8,11,17,19-20,22,25,28,34,37,48-49,53H,4-7,9-10,12-16,18,21,23-24,26-27,29-33,35-36,38-47H2,1-3H3,(H,57,58)/b11-8-,20-17-,22-19-,28-25-,37-34-. The van der Waals surface area contributed by atoms with Crippen molar-refractivity contribution in [3.05, 3.63) is 60.8 Å². The quantitative estimate of drug-likeness (QED) is 0.0197. The fourth-order valence-corrected chi connectivity index (χ4v) is 7.38. The van der Waals surface area contributed by atoms with Crippen LogP contribution in [0.3, 0.4) is 0 Å². The summed E-state index contributed by atoms with van der Waals surface area (Å²) in [6, 6.07) is 0. The summed E-state index contributed by atoms with van der Waals surface area (Å²) in [6.45, 7) is 4.39. The normalized spacial score (nSPS) is 14.0. The van der Waals surface area contributed by atoms with Crippen molar-refractivity contribution in [1.82, 2.24) is 0 Å². The molecule has 0 heterocycles. The minimum atomic E-state index is -4.75. The number of unbranched alkanes of at least 4 members (excludes halogenated alkanes) is 19. The Hall–Kier alpha value is -2.82. The molecule has 0 rings (SSSR count). The summed E-state index contributed by atoms with van der Waals surface area (Å²) in [5, 5.41) is 9.75. The maximum absolute atomic E-state index is 12.8. The maximum atomic E-state index is 12.8. The van der Waals surface area contributed by atoms with Crippen LogP contribution in [-0.2, 0) is 42.2 Å². The minimum Gasteiger partial charge on any atom is -0.462 e. The molecule has 64 heavy (non-hydrogen) atoms. The molecule has 12 heteroatoms. The second-order valence-corrected chi connectivity index (χ2v) is 18.1. The van der Waals surface area contributed by atoms with Crippen molar-refractivity contribution in [2.75, 3.05) is 26.4 Å². The fraction of sp³-hybridized carbons (Fsp3) is 0.750. The van der Waals surface area contributed by atoms with E-state index in [0.717, 1.165) is 83.5 Å². The topological polar surface area (TPSA) is 155 Å². The van der Waals surface area contributed by atoms with Gasteiger partial charge in [0.05, 0.1) is 19.8 Å². The number of hydrogen-bond donors (Lipinski definition) is 2. The Morgan fingerprint density at radius 1 is 0.453 bits per heavy atom. The zero-order valence-corrected chi connectivity index (χ0v) is 41.4. The van der Waals surface area contributed by atoms with Gasteiger partial charge in [-0.3, -0.25) is 23.4 Å². The molecule has 0 saturated heterocycles. The van der Waals surface area contributed by atoms with Crippen LogP contribution in [0.4, 0.5) is 0 Å². The van der Waals surface area contributed by atoms with E-state index in [0.29, 0.717) is 19.3 Å². The van der Waals surface area contributed by atoms with E-state index in [-0.39, 0.29) is 25.9 Å². The molecule has 0 aliphatic heterocycles. The van der Waals surface area contributed by atoms with Crippen molar-refractivity contribution < 1.29 is 52.2 Å². The smallest absolute Gasteiger partial charge is 0.462 e. The minimum absolute atomic E-state index is 0.0451. The van der Waals surface area contributed by atoms with Gasteiger partial charge in [0.25, 0.3) is 0 Å². The Bertz CT molecular complexity index is 1310. The van der Waals surface area contributed by atoms with Crippen LogP contribution in [0.25, 0.3) is 0 Å². The highest BCUT2D eigenvalue weighted by Gasteiger charge is 2.28. The first kappa shape index (κ1) is 61.2. The van der Waals surface area contributed by atoms with Crippen molar-refractivity contribution in [2.24, 2.45) is 0 Å². The zero-order chi connectivity index (χ0) is 47.0. The number of rotatable bonds is 46. The molecule has 0 aliphatic rings. The number of carbonyl (C=O) groups excluding carboxylic acids is 3. The number of carbonyl (C=O) groups is 3. The SMILES string of the molecule is CC/C=C\C/C=C\C/C=C\C/C=C\CCC(=O)OC(COC(=O)CCCCCCC/C=C\CCCCCC)COP(=O)(O)OCC(CO)OC(=O)CCCCCCCCCCCCC. The number of aliphatic hydroxyl groups is 1. The summed E-state index contributed by atoms with van der Waals surface area (Å²) in [4.78, 5) is 48.1. The van der Waals surface area contributed by atoms with E-state index in [1.807, 2.05) is 12.2 Å². The van der Waals surface area contributed by atoms with E-state index >= 15 is 0 Å². The highest BCUT2D eigenvalue weighted by atomic mass is 31.2. The molecule has 0 amide bonds. The highest BCUT2D eigenvalue weighted by Crippen LogP contribution is 2.43. The van der Waals surface area contributed by atoms with Crippen LogP contribution in [0, 0.1) is 0 Å². The highest BCUT2D eigenvalue weighted by molar-refractivity contribution is 7.47. The Morgan fingerprint density at radius 2 is 0.844 bits per heavy atom. The maximum Gasteiger partial charge on any atom is 0.472 e. The first-order valence-electron chi connectivity index (χ1n) is 25.2. The van der Waals surface area contributed by atoms with Crippen molar-refractivity contribution in [3.8, 4) is 0 Å². The number of ether oxygens (including phenoxy) is 3. The van der Waals surface area contributed by atoms with Gasteiger partial charge in [-0.2, -0.15) is 0 Å². The molecule has 370 valence electrons. The van der Waals surface area contributed by atoms with Gasteiger partial charge < -0.3 is 24.2 Å². The zero-order valence-electron chi connectivity index (χ0n) is 40.5. The first-order chi connectivity index (χ1) is 31.2. The lowest BCUT2D eigenvalue weighted by Gasteiger charge is -2.21. The molecule has 0 radical (unpaired) electrons. The third-order valence-electron chi connectivity index (χ3n) is 10.4. The third-order valence-corrected chi connectivity index (χ3v) is 11.4. The van der Waals surface area contributed by atoms with Gasteiger partial charge in [0.1, 0.15) is 12.7 Å². The number of phosphoric ester groups is 1. The molecule has 0 bridgehead atoms. The van der Waals surface area contributed by atoms with Crippen LogP contribution in [0.1, 0.15) is 213 Å². The molecule has 0 aromatic carbocycles. The van der Waals surface area contributed by atoms with E-state index in [4.69, 9.17) is 23.3 Å². The van der Waals surface area contributed by atoms with Gasteiger partial charge in [-0.05, 0) is 70.6 Å². The third kappa shape index (κ3) is 44.4. The van der Waals surface area contributed by atoms with Crippen LogP contribution in [-0.4, -0.2) is 66.5 Å². The number of esters is 3. The van der Waals surface area contributed by atoms with Crippen LogP contribution in [0.2, 0.25) is 0 Å². The van der Waals surface area contributed by atoms with Crippen LogP contribution >= 0.6 is 7.82 Å². The van der Waals surface area contributed by atoms with Crippen molar-refractivity contribution >= 4 is 25.7 Å². The molecule has 0 saturated carbocycles. The largest absolute Gasteiger partial charge is 0.472 e. The Labute approximate surface area is 389 Å². The van der Waals surface area contributed by atoms with E-state index in [9.17, 15) is 28.9 Å². The molecule has 0 aromatic rings. The van der Waals surface area contributed by atoms with Gasteiger partial charge in [-0.1, -0.05) is 184 Å². The molecule has 3 atom stereocenters. The summed E-state index contributed by atoms with van der Waals surface area (Å²) in [6.07, 6.45) is 47.8. The summed E-state index contributed by atoms with van der Waals surface area (Å²) < 4.78 is 39.2. The molecule has 2 N–H and O–H groups in total. The van der Waals surface area contributed by atoms with Gasteiger partial charge in [-0.25, -0.2) is 4.57 Å². The predicted octanol–water partition coefficient (Wildman–Crippen LogP) is 14.0. The molecule has 11 nitrogen and oxygen atoms in total. The molecule has 0 aliphatic carbocycles. The Balaban J connectivity index is 4.84. The molecule has 0 fully saturated rings. The average molecular weight is 923 g/mol. The van der Waals surface area contributed by atoms with Crippen LogP contribution in [0.15, 0.2) is 60.8 Å². The van der Waals surface area contributed by atoms with Crippen LogP contribution < -0.4 is 0 Å². The number of phosphoric acid groups is 1. The van der Waals surface area contributed by atoms with Crippen LogP contribution in [0.5, 0.6) is 0 Å². The van der Waals surface area contributed by atoms with E-state index in [2.05, 4.69) is 69.4 Å². The van der Waals surface area contributed by atoms with Gasteiger partial charge in [-0.15, -0.1) is 0 Å². The number of aliphatic hydroxyl groups excluding tert-OH is 1. The monoisotopic (exact) mass is 923 g/mol. The summed E-state index contributed by atoms with van der Waals surface area (Å²) in [5.74, 6) is -1.57.